The molecule has 1 aromatic heterocycles. The summed E-state index contributed by atoms with van der Waals surface area (Å²) in [5, 5.41) is 9.42. The number of carbonyl (C=O) groups excluding carboxylic acids is 1. The van der Waals surface area contributed by atoms with Gasteiger partial charge in [-0.05, 0) is 42.7 Å². The molecule has 2 aliphatic rings. The zero-order valence-electron chi connectivity index (χ0n) is 17.2. The minimum atomic E-state index is -0.863. The van der Waals surface area contributed by atoms with Crippen molar-refractivity contribution >= 4 is 11.9 Å². The molecule has 1 aliphatic carbocycles. The minimum absolute atomic E-state index is 0.0197. The van der Waals surface area contributed by atoms with E-state index in [0.717, 1.165) is 31.6 Å². The van der Waals surface area contributed by atoms with E-state index in [2.05, 4.69) is 17.0 Å². The summed E-state index contributed by atoms with van der Waals surface area (Å²) in [5.41, 5.74) is 3.38. The first-order valence-corrected chi connectivity index (χ1v) is 10.4. The number of hydrogen-bond acceptors (Lipinski definition) is 3. The Morgan fingerprint density at radius 1 is 0.966 bits per heavy atom. The van der Waals surface area contributed by atoms with Gasteiger partial charge in [0.1, 0.15) is 5.69 Å². The second-order valence-electron chi connectivity index (χ2n) is 8.46. The molecule has 1 aliphatic heterocycles. The van der Waals surface area contributed by atoms with Gasteiger partial charge in [0.15, 0.2) is 0 Å². The number of nitrogens with zero attached hydrogens (tertiary/aromatic N) is 3. The Hall–Kier alpha value is -2.60. The number of rotatable bonds is 4. The molecule has 4 rings (SSSR count). The van der Waals surface area contributed by atoms with Gasteiger partial charge >= 0.3 is 5.97 Å². The van der Waals surface area contributed by atoms with Crippen LogP contribution in [0.15, 0.2) is 36.4 Å². The third-order valence-corrected chi connectivity index (χ3v) is 6.60. The number of amides is 1. The standard InChI is InChI=1S/C23H29N3O3/c1-24(2)21(27)17-6-8-18(9-7-17)23(12-4-3-5-13-23)25-14-15-26-19(16-25)10-11-20(26)22(28)29/h6-11H,3-5,12-16H2,1-2H3,(H,28,29). The molecule has 6 heteroatoms. The highest BCUT2D eigenvalue weighted by Gasteiger charge is 2.41. The third kappa shape index (κ3) is 3.46. The van der Waals surface area contributed by atoms with E-state index in [1.807, 2.05) is 22.8 Å². The van der Waals surface area contributed by atoms with Crippen LogP contribution in [0.2, 0.25) is 0 Å². The van der Waals surface area contributed by atoms with Crippen molar-refractivity contribution in [2.75, 3.05) is 20.6 Å². The zero-order valence-corrected chi connectivity index (χ0v) is 17.2. The predicted molar refractivity (Wildman–Crippen MR) is 111 cm³/mol. The van der Waals surface area contributed by atoms with Crippen LogP contribution >= 0.6 is 0 Å². The van der Waals surface area contributed by atoms with Crippen molar-refractivity contribution in [3.63, 3.8) is 0 Å². The second kappa shape index (κ2) is 7.67. The van der Waals surface area contributed by atoms with Gasteiger partial charge in [0.05, 0.1) is 0 Å². The summed E-state index contributed by atoms with van der Waals surface area (Å²) in [6.07, 6.45) is 5.83. The maximum Gasteiger partial charge on any atom is 0.352 e. The lowest BCUT2D eigenvalue weighted by atomic mass is 9.74. The van der Waals surface area contributed by atoms with Crippen LogP contribution in [0.4, 0.5) is 0 Å². The molecule has 0 saturated heterocycles. The smallest absolute Gasteiger partial charge is 0.352 e. The molecule has 0 radical (unpaired) electrons. The molecule has 2 heterocycles. The fourth-order valence-corrected chi connectivity index (χ4v) is 5.06. The van der Waals surface area contributed by atoms with Crippen molar-refractivity contribution < 1.29 is 14.7 Å². The van der Waals surface area contributed by atoms with Crippen molar-refractivity contribution in [1.82, 2.24) is 14.4 Å². The molecule has 0 spiro atoms. The fourth-order valence-electron chi connectivity index (χ4n) is 5.06. The topological polar surface area (TPSA) is 65.8 Å². The Kier molecular flexibility index (Phi) is 5.21. The number of aromatic nitrogens is 1. The van der Waals surface area contributed by atoms with Crippen molar-refractivity contribution in [2.45, 2.75) is 50.7 Å². The van der Waals surface area contributed by atoms with Crippen LogP contribution in [-0.2, 0) is 18.6 Å². The van der Waals surface area contributed by atoms with Gasteiger partial charge in [-0.2, -0.15) is 0 Å². The largest absolute Gasteiger partial charge is 0.477 e. The maximum atomic E-state index is 12.3. The first kappa shape index (κ1) is 19.7. The summed E-state index contributed by atoms with van der Waals surface area (Å²) in [6, 6.07) is 11.8. The number of fused-ring (bicyclic) bond motifs is 1. The number of carbonyl (C=O) groups is 2. The van der Waals surface area contributed by atoms with E-state index in [-0.39, 0.29) is 11.4 Å². The number of hydrogen-bond donors (Lipinski definition) is 1. The first-order valence-electron chi connectivity index (χ1n) is 10.4. The molecule has 1 N–H and O–H groups in total. The highest BCUT2D eigenvalue weighted by atomic mass is 16.4. The van der Waals surface area contributed by atoms with Crippen LogP contribution in [-0.4, -0.2) is 52.0 Å². The molecular weight excluding hydrogens is 366 g/mol. The van der Waals surface area contributed by atoms with Crippen LogP contribution in [0.5, 0.6) is 0 Å². The zero-order chi connectivity index (χ0) is 20.6. The van der Waals surface area contributed by atoms with Crippen LogP contribution < -0.4 is 0 Å². The van der Waals surface area contributed by atoms with Gasteiger partial charge in [0, 0.05) is 50.5 Å². The van der Waals surface area contributed by atoms with Gasteiger partial charge in [-0.15, -0.1) is 0 Å². The average molecular weight is 396 g/mol. The quantitative estimate of drug-likeness (QED) is 0.860. The lowest BCUT2D eigenvalue weighted by Crippen LogP contribution is -2.50. The summed E-state index contributed by atoms with van der Waals surface area (Å²) >= 11 is 0. The summed E-state index contributed by atoms with van der Waals surface area (Å²) in [4.78, 5) is 27.9. The van der Waals surface area contributed by atoms with E-state index in [0.29, 0.717) is 17.8 Å². The molecule has 0 atom stereocenters. The normalized spacial score (nSPS) is 18.8. The van der Waals surface area contributed by atoms with Crippen LogP contribution in [0.3, 0.4) is 0 Å². The highest BCUT2D eigenvalue weighted by Crippen LogP contribution is 2.44. The Morgan fingerprint density at radius 3 is 2.28 bits per heavy atom. The number of carboxylic acids is 1. The molecule has 29 heavy (non-hydrogen) atoms. The summed E-state index contributed by atoms with van der Waals surface area (Å²) in [5.74, 6) is -0.843. The Morgan fingerprint density at radius 2 is 1.66 bits per heavy atom. The van der Waals surface area contributed by atoms with Crippen molar-refractivity contribution in [3.8, 4) is 0 Å². The summed E-state index contributed by atoms with van der Waals surface area (Å²) in [6.45, 7) is 2.29. The lowest BCUT2D eigenvalue weighted by Gasteiger charge is -2.49. The fraction of sp³-hybridized carbons (Fsp3) is 0.478. The van der Waals surface area contributed by atoms with Crippen LogP contribution in [0.25, 0.3) is 0 Å². The molecule has 1 amide bonds. The Labute approximate surface area is 171 Å². The number of aromatic carboxylic acids is 1. The van der Waals surface area contributed by atoms with Crippen molar-refractivity contribution in [2.24, 2.45) is 0 Å². The van der Waals surface area contributed by atoms with E-state index >= 15 is 0 Å². The Balaban J connectivity index is 1.65. The molecule has 1 fully saturated rings. The lowest BCUT2D eigenvalue weighted by molar-refractivity contribution is 0.0226. The number of benzene rings is 1. The molecule has 6 nitrogen and oxygen atoms in total. The van der Waals surface area contributed by atoms with E-state index in [4.69, 9.17) is 0 Å². The van der Waals surface area contributed by atoms with Gasteiger partial charge in [-0.25, -0.2) is 4.79 Å². The first-order chi connectivity index (χ1) is 13.9. The van der Waals surface area contributed by atoms with Gasteiger partial charge in [0.2, 0.25) is 0 Å². The molecule has 1 saturated carbocycles. The van der Waals surface area contributed by atoms with E-state index in [1.54, 1.807) is 25.1 Å². The molecule has 154 valence electrons. The highest BCUT2D eigenvalue weighted by molar-refractivity contribution is 5.93. The van der Waals surface area contributed by atoms with Gasteiger partial charge in [0.25, 0.3) is 5.91 Å². The number of carboxylic acid groups (broad SMARTS) is 1. The maximum absolute atomic E-state index is 12.3. The van der Waals surface area contributed by atoms with Crippen LogP contribution in [0.1, 0.15) is 64.2 Å². The van der Waals surface area contributed by atoms with E-state index < -0.39 is 5.97 Å². The second-order valence-corrected chi connectivity index (χ2v) is 8.46. The van der Waals surface area contributed by atoms with E-state index in [1.165, 1.54) is 24.8 Å². The SMILES string of the molecule is CN(C)C(=O)c1ccc(C2(N3CCn4c(ccc4C(=O)O)C3)CCCCC2)cc1. The molecule has 1 aromatic carbocycles. The molecule has 2 aromatic rings. The molecule has 0 unspecified atom stereocenters. The van der Waals surface area contributed by atoms with Crippen molar-refractivity contribution in [3.05, 3.63) is 58.9 Å². The van der Waals surface area contributed by atoms with Gasteiger partial charge < -0.3 is 14.6 Å². The third-order valence-electron chi connectivity index (χ3n) is 6.60. The monoisotopic (exact) mass is 395 g/mol. The average Bonchev–Trinajstić information content (AvgIpc) is 3.17. The van der Waals surface area contributed by atoms with Crippen molar-refractivity contribution in [1.29, 1.82) is 0 Å². The van der Waals surface area contributed by atoms with Gasteiger partial charge in [-0.3, -0.25) is 9.69 Å². The van der Waals surface area contributed by atoms with Gasteiger partial charge in [-0.1, -0.05) is 31.4 Å². The predicted octanol–water partition coefficient (Wildman–Crippen LogP) is 3.56. The summed E-state index contributed by atoms with van der Waals surface area (Å²) < 4.78 is 1.94. The molecule has 0 bridgehead atoms. The van der Waals surface area contributed by atoms with Crippen LogP contribution in [0, 0.1) is 0 Å². The Bertz CT molecular complexity index is 908. The molecular formula is C23H29N3O3. The van der Waals surface area contributed by atoms with E-state index in [9.17, 15) is 14.7 Å². The summed E-state index contributed by atoms with van der Waals surface area (Å²) in [7, 11) is 3.54. The minimum Gasteiger partial charge on any atom is -0.477 e.